The first-order valence-electron chi connectivity index (χ1n) is 6.39. The van der Waals surface area contributed by atoms with Gasteiger partial charge in [-0.25, -0.2) is 4.98 Å². The van der Waals surface area contributed by atoms with Gasteiger partial charge in [0.05, 0.1) is 5.38 Å². The number of hydrogen-bond acceptors (Lipinski definition) is 4. The van der Waals surface area contributed by atoms with Crippen LogP contribution >= 0.6 is 11.6 Å². The molecule has 2 atom stereocenters. The Bertz CT molecular complexity index is 526. The van der Waals surface area contributed by atoms with Crippen molar-refractivity contribution in [3.63, 3.8) is 0 Å². The lowest BCUT2D eigenvalue weighted by molar-refractivity contribution is 0.625. The molecule has 0 aromatic carbocycles. The van der Waals surface area contributed by atoms with Gasteiger partial charge in [0, 0.05) is 18.4 Å². The van der Waals surface area contributed by atoms with Crippen molar-refractivity contribution in [2.24, 2.45) is 0 Å². The minimum Gasteiger partial charge on any atom is -0.363 e. The van der Waals surface area contributed by atoms with Gasteiger partial charge in [0.1, 0.15) is 6.33 Å². The van der Waals surface area contributed by atoms with Gasteiger partial charge in [-0.3, -0.25) is 4.40 Å². The molecular weight excluding hydrogens is 250 g/mol. The number of anilines is 1. The Hall–Kier alpha value is -1.36. The van der Waals surface area contributed by atoms with E-state index in [1.54, 1.807) is 12.5 Å². The van der Waals surface area contributed by atoms with Gasteiger partial charge in [-0.05, 0) is 12.8 Å². The van der Waals surface area contributed by atoms with Crippen molar-refractivity contribution >= 4 is 23.1 Å². The van der Waals surface area contributed by atoms with Crippen LogP contribution in [0.3, 0.4) is 0 Å². The molecule has 2 aromatic rings. The fourth-order valence-corrected chi connectivity index (χ4v) is 2.80. The molecule has 0 amide bonds. The summed E-state index contributed by atoms with van der Waals surface area (Å²) in [4.78, 5) is 4.35. The van der Waals surface area contributed by atoms with E-state index in [0.29, 0.717) is 0 Å². The van der Waals surface area contributed by atoms with E-state index >= 15 is 0 Å². The predicted octanol–water partition coefficient (Wildman–Crippen LogP) is 2.48. The summed E-state index contributed by atoms with van der Waals surface area (Å²) in [5, 5.41) is 11.6. The molecule has 2 unspecified atom stereocenters. The Balaban J connectivity index is 1.84. The molecule has 0 spiro atoms. The zero-order chi connectivity index (χ0) is 12.4. The maximum atomic E-state index is 6.43. The van der Waals surface area contributed by atoms with Crippen LogP contribution in [0.25, 0.3) is 5.65 Å². The molecule has 0 saturated heterocycles. The van der Waals surface area contributed by atoms with Crippen molar-refractivity contribution in [1.29, 1.82) is 0 Å². The quantitative estimate of drug-likeness (QED) is 0.670. The summed E-state index contributed by atoms with van der Waals surface area (Å²) in [7, 11) is 0. The van der Waals surface area contributed by atoms with E-state index in [2.05, 4.69) is 20.5 Å². The minimum atomic E-state index is 0.164. The van der Waals surface area contributed by atoms with Crippen molar-refractivity contribution in [2.45, 2.75) is 43.5 Å². The van der Waals surface area contributed by atoms with E-state index in [-0.39, 0.29) is 11.4 Å². The molecule has 6 heteroatoms. The number of alkyl halides is 1. The molecule has 0 bridgehead atoms. The summed E-state index contributed by atoms with van der Waals surface area (Å²) < 4.78 is 1.86. The number of fused-ring (bicyclic) bond motifs is 1. The molecule has 1 aliphatic rings. The number of halogens is 1. The number of nitrogens with one attached hydrogen (secondary N) is 1. The summed E-state index contributed by atoms with van der Waals surface area (Å²) in [6.45, 7) is 0. The van der Waals surface area contributed by atoms with Gasteiger partial charge in [-0.15, -0.1) is 21.8 Å². The Kier molecular flexibility index (Phi) is 3.32. The topological polar surface area (TPSA) is 55.1 Å². The highest BCUT2D eigenvalue weighted by Gasteiger charge is 2.22. The van der Waals surface area contributed by atoms with E-state index in [1.165, 1.54) is 19.3 Å². The lowest BCUT2D eigenvalue weighted by Gasteiger charge is -2.21. The maximum absolute atomic E-state index is 6.43. The van der Waals surface area contributed by atoms with Crippen LogP contribution in [0, 0.1) is 0 Å². The second-order valence-electron chi connectivity index (χ2n) is 4.74. The van der Waals surface area contributed by atoms with Crippen LogP contribution in [-0.2, 0) is 0 Å². The molecule has 2 aromatic heterocycles. The van der Waals surface area contributed by atoms with E-state index in [1.807, 2.05) is 10.6 Å². The van der Waals surface area contributed by atoms with Gasteiger partial charge in [-0.2, -0.15) is 0 Å². The number of aromatic nitrogens is 4. The second-order valence-corrected chi connectivity index (χ2v) is 5.30. The van der Waals surface area contributed by atoms with E-state index in [9.17, 15) is 0 Å². The fourth-order valence-electron chi connectivity index (χ4n) is 2.46. The monoisotopic (exact) mass is 265 g/mol. The SMILES string of the molecule is ClC1CCCCCC1Nc1nccn2cnnc12. The van der Waals surface area contributed by atoms with Gasteiger partial charge < -0.3 is 5.32 Å². The first-order chi connectivity index (χ1) is 8.84. The minimum absolute atomic E-state index is 0.164. The van der Waals surface area contributed by atoms with Gasteiger partial charge >= 0.3 is 0 Å². The Morgan fingerprint density at radius 3 is 3.11 bits per heavy atom. The largest absolute Gasteiger partial charge is 0.363 e. The molecule has 18 heavy (non-hydrogen) atoms. The molecule has 1 aliphatic carbocycles. The lowest BCUT2D eigenvalue weighted by Crippen LogP contribution is -2.29. The standard InChI is InChI=1S/C12H16ClN5/c13-9-4-2-1-3-5-10(9)16-11-12-17-15-8-18(12)7-6-14-11/h6-10H,1-5H2,(H,14,16). The summed E-state index contributed by atoms with van der Waals surface area (Å²) in [5.74, 6) is 0.771. The third-order valence-corrected chi connectivity index (χ3v) is 3.99. The zero-order valence-electron chi connectivity index (χ0n) is 10.1. The average Bonchev–Trinajstić information content (AvgIpc) is 2.77. The molecule has 5 nitrogen and oxygen atoms in total. The van der Waals surface area contributed by atoms with Crippen LogP contribution < -0.4 is 5.32 Å². The smallest absolute Gasteiger partial charge is 0.203 e. The van der Waals surface area contributed by atoms with E-state index in [4.69, 9.17) is 11.6 Å². The first-order valence-corrected chi connectivity index (χ1v) is 6.83. The van der Waals surface area contributed by atoms with Crippen LogP contribution in [0.5, 0.6) is 0 Å². The van der Waals surface area contributed by atoms with Crippen molar-refractivity contribution in [1.82, 2.24) is 19.6 Å². The molecule has 1 saturated carbocycles. The van der Waals surface area contributed by atoms with Gasteiger partial charge in [0.15, 0.2) is 5.82 Å². The van der Waals surface area contributed by atoms with E-state index < -0.39 is 0 Å². The zero-order valence-corrected chi connectivity index (χ0v) is 10.8. The lowest BCUT2D eigenvalue weighted by atomic mass is 10.1. The second kappa shape index (κ2) is 5.10. The Morgan fingerprint density at radius 2 is 2.17 bits per heavy atom. The van der Waals surface area contributed by atoms with Crippen molar-refractivity contribution < 1.29 is 0 Å². The molecule has 1 fully saturated rings. The van der Waals surface area contributed by atoms with Gasteiger partial charge in [-0.1, -0.05) is 19.3 Å². The molecule has 0 aliphatic heterocycles. The Morgan fingerprint density at radius 1 is 1.28 bits per heavy atom. The Labute approximate surface area is 111 Å². The summed E-state index contributed by atoms with van der Waals surface area (Å²) in [5.41, 5.74) is 0.755. The fraction of sp³-hybridized carbons (Fsp3) is 0.583. The van der Waals surface area contributed by atoms with Crippen molar-refractivity contribution in [3.05, 3.63) is 18.7 Å². The summed E-state index contributed by atoms with van der Waals surface area (Å²) >= 11 is 6.43. The van der Waals surface area contributed by atoms with E-state index in [0.717, 1.165) is 24.3 Å². The molecule has 3 rings (SSSR count). The van der Waals surface area contributed by atoms with Crippen molar-refractivity contribution in [2.75, 3.05) is 5.32 Å². The molecular formula is C12H16ClN5. The van der Waals surface area contributed by atoms with Gasteiger partial charge in [0.2, 0.25) is 5.65 Å². The van der Waals surface area contributed by atoms with Crippen LogP contribution in [0.4, 0.5) is 5.82 Å². The molecule has 2 heterocycles. The van der Waals surface area contributed by atoms with Crippen LogP contribution in [0.2, 0.25) is 0 Å². The third kappa shape index (κ3) is 2.27. The first kappa shape index (κ1) is 11.7. The predicted molar refractivity (Wildman–Crippen MR) is 70.9 cm³/mol. The van der Waals surface area contributed by atoms with Crippen molar-refractivity contribution in [3.8, 4) is 0 Å². The van der Waals surface area contributed by atoms with Crippen LogP contribution in [-0.4, -0.2) is 31.0 Å². The summed E-state index contributed by atoms with van der Waals surface area (Å²) in [6, 6.07) is 0.268. The van der Waals surface area contributed by atoms with Crippen LogP contribution in [0.15, 0.2) is 18.7 Å². The highest BCUT2D eigenvalue weighted by Crippen LogP contribution is 2.25. The number of nitrogens with zero attached hydrogens (tertiary/aromatic N) is 4. The molecule has 0 radical (unpaired) electrons. The normalized spacial score (nSPS) is 24.9. The number of rotatable bonds is 2. The molecule has 1 N–H and O–H groups in total. The third-order valence-electron chi connectivity index (χ3n) is 3.47. The highest BCUT2D eigenvalue weighted by atomic mass is 35.5. The maximum Gasteiger partial charge on any atom is 0.203 e. The van der Waals surface area contributed by atoms with Gasteiger partial charge in [0.25, 0.3) is 0 Å². The molecule has 96 valence electrons. The number of hydrogen-bond donors (Lipinski definition) is 1. The average molecular weight is 266 g/mol. The van der Waals surface area contributed by atoms with Crippen LogP contribution in [0.1, 0.15) is 32.1 Å². The highest BCUT2D eigenvalue weighted by molar-refractivity contribution is 6.21. The summed E-state index contributed by atoms with van der Waals surface area (Å²) in [6.07, 6.45) is 11.1.